The third-order valence-electron chi connectivity index (χ3n) is 6.51. The minimum Gasteiger partial charge on any atom is -0.348 e. The highest BCUT2D eigenvalue weighted by Gasteiger charge is 2.36. The molecular weight excluding hydrogens is 515 g/mol. The molecule has 0 radical (unpaired) electrons. The van der Waals surface area contributed by atoms with Crippen LogP contribution in [0, 0.1) is 6.92 Å². The lowest BCUT2D eigenvalue weighted by molar-refractivity contribution is -0.138. The Hall–Kier alpha value is -2.14. The number of piperidine rings is 1. The summed E-state index contributed by atoms with van der Waals surface area (Å²) in [6.07, 6.45) is -2.76. The van der Waals surface area contributed by atoms with E-state index in [1.807, 2.05) is 11.9 Å². The van der Waals surface area contributed by atoms with E-state index >= 15 is 0 Å². The summed E-state index contributed by atoms with van der Waals surface area (Å²) in [5.41, 5.74) is -0.180. The molecule has 11 heteroatoms. The highest BCUT2D eigenvalue weighted by atomic mass is 35.5. The van der Waals surface area contributed by atoms with Crippen LogP contribution in [0.15, 0.2) is 35.2 Å². The van der Waals surface area contributed by atoms with Gasteiger partial charge in [-0.05, 0) is 80.4 Å². The lowest BCUT2D eigenvalue weighted by atomic mass is 9.95. The molecule has 0 unspecified atom stereocenters. The van der Waals surface area contributed by atoms with Crippen LogP contribution in [0.25, 0.3) is 0 Å². The molecule has 0 bridgehead atoms. The van der Waals surface area contributed by atoms with Crippen molar-refractivity contribution in [2.24, 2.45) is 0 Å². The van der Waals surface area contributed by atoms with Gasteiger partial charge in [0.15, 0.2) is 9.84 Å². The number of aryl methyl sites for hydroxylation is 1. The van der Waals surface area contributed by atoms with Gasteiger partial charge in [0.1, 0.15) is 0 Å². The summed E-state index contributed by atoms with van der Waals surface area (Å²) in [6, 6.07) is 6.78. The van der Waals surface area contributed by atoms with Gasteiger partial charge in [-0.3, -0.25) is 9.69 Å². The van der Waals surface area contributed by atoms with Crippen LogP contribution in [0.5, 0.6) is 0 Å². The van der Waals surface area contributed by atoms with Crippen molar-refractivity contribution in [3.05, 3.63) is 63.2 Å². The largest absolute Gasteiger partial charge is 0.416 e. The van der Waals surface area contributed by atoms with E-state index in [4.69, 9.17) is 11.6 Å². The Morgan fingerprint density at radius 1 is 1.22 bits per heavy atom. The molecule has 1 fully saturated rings. The minimum atomic E-state index is -4.64. The fourth-order valence-corrected chi connectivity index (χ4v) is 5.80. The zero-order chi connectivity index (χ0) is 26.7. The van der Waals surface area contributed by atoms with E-state index in [2.05, 4.69) is 10.6 Å². The maximum absolute atomic E-state index is 14.0. The molecule has 0 spiro atoms. The number of nitrogens with one attached hydrogen (secondary N) is 2. The van der Waals surface area contributed by atoms with Crippen molar-refractivity contribution in [3.8, 4) is 0 Å². The first kappa shape index (κ1) is 28.4. The average molecular weight is 546 g/mol. The third kappa shape index (κ3) is 6.79. The normalized spacial score (nSPS) is 17.2. The molecule has 0 aromatic heterocycles. The van der Waals surface area contributed by atoms with Crippen LogP contribution in [-0.4, -0.2) is 51.2 Å². The smallest absolute Gasteiger partial charge is 0.348 e. The zero-order valence-electron chi connectivity index (χ0n) is 20.5. The molecule has 0 aliphatic carbocycles. The van der Waals surface area contributed by atoms with Gasteiger partial charge in [-0.1, -0.05) is 18.5 Å². The second-order valence-electron chi connectivity index (χ2n) is 9.02. The van der Waals surface area contributed by atoms with Crippen LogP contribution in [0.2, 0.25) is 5.02 Å². The molecule has 2 aromatic carbocycles. The summed E-state index contributed by atoms with van der Waals surface area (Å²) in [5, 5.41) is 6.02. The molecule has 3 rings (SSSR count). The summed E-state index contributed by atoms with van der Waals surface area (Å²) in [5.74, 6) is -0.875. The van der Waals surface area contributed by atoms with E-state index in [1.54, 1.807) is 6.92 Å². The Kier molecular flexibility index (Phi) is 9.08. The molecule has 36 heavy (non-hydrogen) atoms. The Labute approximate surface area is 215 Å². The molecule has 0 saturated carbocycles. The van der Waals surface area contributed by atoms with E-state index in [1.165, 1.54) is 31.2 Å². The highest BCUT2D eigenvalue weighted by molar-refractivity contribution is 7.91. The Morgan fingerprint density at radius 3 is 2.58 bits per heavy atom. The number of carbonyl (C=O) groups is 1. The number of hydrogen-bond acceptors (Lipinski definition) is 5. The second kappa shape index (κ2) is 11.5. The van der Waals surface area contributed by atoms with Crippen molar-refractivity contribution in [2.75, 3.05) is 25.9 Å². The monoisotopic (exact) mass is 545 g/mol. The standard InChI is InChI=1S/C25H31ClF3N3O3S/c1-4-36(34,35)23-8-7-19(26)11-18(23)13-31-24(33)17-10-16(2)21(22(12-17)25(27,28)29)15-32-9-5-6-20(14-32)30-3/h7-8,10-12,20,30H,4-6,9,13-15H2,1-3H3,(H,31,33)/t20-/m0/s1. The van der Waals surface area contributed by atoms with Gasteiger partial charge in [-0.2, -0.15) is 13.2 Å². The number of nitrogens with zero attached hydrogens (tertiary/aromatic N) is 1. The molecule has 1 aliphatic heterocycles. The number of halogens is 4. The van der Waals surface area contributed by atoms with Crippen molar-refractivity contribution >= 4 is 27.3 Å². The Morgan fingerprint density at radius 2 is 1.94 bits per heavy atom. The van der Waals surface area contributed by atoms with Crippen molar-refractivity contribution < 1.29 is 26.4 Å². The lowest BCUT2D eigenvalue weighted by Gasteiger charge is -2.33. The fraction of sp³-hybridized carbons (Fsp3) is 0.480. The predicted molar refractivity (Wildman–Crippen MR) is 134 cm³/mol. The molecular formula is C25H31ClF3N3O3S. The van der Waals surface area contributed by atoms with Gasteiger partial charge in [0.2, 0.25) is 0 Å². The topological polar surface area (TPSA) is 78.5 Å². The molecule has 2 aromatic rings. The van der Waals surface area contributed by atoms with Crippen LogP contribution in [0.4, 0.5) is 13.2 Å². The van der Waals surface area contributed by atoms with Gasteiger partial charge in [-0.25, -0.2) is 8.42 Å². The number of rotatable bonds is 8. The highest BCUT2D eigenvalue weighted by Crippen LogP contribution is 2.35. The summed E-state index contributed by atoms with van der Waals surface area (Å²) in [7, 11) is -1.74. The molecule has 1 aliphatic rings. The van der Waals surface area contributed by atoms with E-state index in [9.17, 15) is 26.4 Å². The fourth-order valence-electron chi connectivity index (χ4n) is 4.49. The van der Waals surface area contributed by atoms with Crippen LogP contribution in [0.1, 0.15) is 52.4 Å². The summed E-state index contributed by atoms with van der Waals surface area (Å²) < 4.78 is 66.9. The van der Waals surface area contributed by atoms with Gasteiger partial charge < -0.3 is 10.6 Å². The Bertz CT molecular complexity index is 1220. The summed E-state index contributed by atoms with van der Waals surface area (Å²) >= 11 is 6.01. The van der Waals surface area contributed by atoms with Crippen molar-refractivity contribution in [1.29, 1.82) is 0 Å². The third-order valence-corrected chi connectivity index (χ3v) is 8.58. The first-order chi connectivity index (χ1) is 16.9. The first-order valence-electron chi connectivity index (χ1n) is 11.8. The van der Waals surface area contributed by atoms with Crippen LogP contribution in [-0.2, 0) is 29.1 Å². The number of amides is 1. The summed E-state index contributed by atoms with van der Waals surface area (Å²) in [6.45, 7) is 4.37. The number of likely N-dealkylation sites (tertiary alicyclic amines) is 1. The molecule has 1 heterocycles. The zero-order valence-corrected chi connectivity index (χ0v) is 22.1. The maximum atomic E-state index is 14.0. The average Bonchev–Trinajstić information content (AvgIpc) is 2.82. The Balaban J connectivity index is 1.87. The van der Waals surface area contributed by atoms with Crippen LogP contribution < -0.4 is 10.6 Å². The van der Waals surface area contributed by atoms with Gasteiger partial charge in [0.25, 0.3) is 5.91 Å². The van der Waals surface area contributed by atoms with Gasteiger partial charge in [-0.15, -0.1) is 0 Å². The minimum absolute atomic E-state index is 0.0265. The SMILES string of the molecule is CCS(=O)(=O)c1ccc(Cl)cc1CNC(=O)c1cc(C)c(CN2CCC[C@H](NC)C2)c(C(F)(F)F)c1. The predicted octanol–water partition coefficient (Wildman–Crippen LogP) is 4.57. The van der Waals surface area contributed by atoms with Crippen LogP contribution >= 0.6 is 11.6 Å². The van der Waals surface area contributed by atoms with E-state index < -0.39 is 27.5 Å². The molecule has 1 saturated heterocycles. The number of benzene rings is 2. The number of hydrogen-bond donors (Lipinski definition) is 2. The van der Waals surface area contributed by atoms with E-state index in [-0.39, 0.29) is 51.5 Å². The summed E-state index contributed by atoms with van der Waals surface area (Å²) in [4.78, 5) is 14.9. The van der Waals surface area contributed by atoms with E-state index in [0.717, 1.165) is 18.9 Å². The van der Waals surface area contributed by atoms with Gasteiger partial charge >= 0.3 is 6.18 Å². The first-order valence-corrected chi connectivity index (χ1v) is 13.8. The van der Waals surface area contributed by atoms with Crippen molar-refractivity contribution in [2.45, 2.75) is 56.9 Å². The lowest BCUT2D eigenvalue weighted by Crippen LogP contribution is -2.44. The molecule has 2 N–H and O–H groups in total. The van der Waals surface area contributed by atoms with Crippen molar-refractivity contribution in [3.63, 3.8) is 0 Å². The molecule has 198 valence electrons. The van der Waals surface area contributed by atoms with Gasteiger partial charge in [0, 0.05) is 36.3 Å². The van der Waals surface area contributed by atoms with Crippen LogP contribution in [0.3, 0.4) is 0 Å². The number of sulfone groups is 1. The quantitative estimate of drug-likeness (QED) is 0.508. The number of likely N-dealkylation sites (N-methyl/N-ethyl adjacent to an activating group) is 1. The maximum Gasteiger partial charge on any atom is 0.416 e. The van der Waals surface area contributed by atoms with E-state index in [0.29, 0.717) is 18.7 Å². The number of carbonyl (C=O) groups excluding carboxylic acids is 1. The number of alkyl halides is 3. The molecule has 1 amide bonds. The second-order valence-corrected chi connectivity index (χ2v) is 11.7. The molecule has 1 atom stereocenters. The molecule has 6 nitrogen and oxygen atoms in total. The van der Waals surface area contributed by atoms with Gasteiger partial charge in [0.05, 0.1) is 16.2 Å². The van der Waals surface area contributed by atoms with Crippen molar-refractivity contribution in [1.82, 2.24) is 15.5 Å².